The third kappa shape index (κ3) is 2.04. The molecule has 0 radical (unpaired) electrons. The van der Waals surface area contributed by atoms with Crippen LogP contribution in [0.3, 0.4) is 0 Å². The fourth-order valence-corrected chi connectivity index (χ4v) is 1.57. The summed E-state index contributed by atoms with van der Waals surface area (Å²) in [6.07, 6.45) is 0.151. The second-order valence-corrected chi connectivity index (χ2v) is 3.19. The molecule has 1 rings (SSSR count). The van der Waals surface area contributed by atoms with Crippen LogP contribution in [-0.4, -0.2) is 40.3 Å². The van der Waals surface area contributed by atoms with E-state index < -0.39 is 12.1 Å². The summed E-state index contributed by atoms with van der Waals surface area (Å²) in [5.74, 6) is -1.01. The van der Waals surface area contributed by atoms with Gasteiger partial charge in [-0.05, 0) is 12.8 Å². The lowest BCUT2D eigenvalue weighted by Crippen LogP contribution is -2.37. The number of carbonyl (C=O) groups is 2. The molecule has 0 aliphatic carbocycles. The lowest BCUT2D eigenvalue weighted by atomic mass is 9.98. The van der Waals surface area contributed by atoms with E-state index >= 15 is 0 Å². The van der Waals surface area contributed by atoms with Crippen LogP contribution in [0.2, 0.25) is 0 Å². The minimum atomic E-state index is -1.06. The summed E-state index contributed by atoms with van der Waals surface area (Å²) in [6.45, 7) is 2.29. The number of hydrogen-bond acceptors (Lipinski definition) is 2. The van der Waals surface area contributed by atoms with Gasteiger partial charge in [0.2, 0.25) is 0 Å². The van der Waals surface area contributed by atoms with Gasteiger partial charge in [0.15, 0.2) is 0 Å². The van der Waals surface area contributed by atoms with E-state index in [1.807, 2.05) is 6.92 Å². The van der Waals surface area contributed by atoms with Gasteiger partial charge in [0.25, 0.3) is 0 Å². The molecule has 0 fully saturated rings. The quantitative estimate of drug-likeness (QED) is 0.699. The van der Waals surface area contributed by atoms with Gasteiger partial charge in [-0.1, -0.05) is 12.5 Å². The van der Waals surface area contributed by atoms with E-state index in [1.165, 1.54) is 0 Å². The molecule has 0 saturated carbocycles. The molecule has 1 amide bonds. The maximum absolute atomic E-state index is 10.8. The van der Waals surface area contributed by atoms with Gasteiger partial charge < -0.3 is 15.1 Å². The van der Waals surface area contributed by atoms with E-state index in [9.17, 15) is 9.59 Å². The largest absolute Gasteiger partial charge is 0.478 e. The van der Waals surface area contributed by atoms with E-state index in [4.69, 9.17) is 10.2 Å². The van der Waals surface area contributed by atoms with Crippen molar-refractivity contribution in [3.8, 4) is 0 Å². The second kappa shape index (κ2) is 4.13. The summed E-state index contributed by atoms with van der Waals surface area (Å²) in [5.41, 5.74) is 1.09. The summed E-state index contributed by atoms with van der Waals surface area (Å²) in [4.78, 5) is 22.6. The fourth-order valence-electron chi connectivity index (χ4n) is 1.57. The minimum absolute atomic E-state index is 0.00778. The molecule has 1 aliphatic rings. The van der Waals surface area contributed by atoms with Crippen LogP contribution >= 0.6 is 0 Å². The highest BCUT2D eigenvalue weighted by atomic mass is 16.4. The van der Waals surface area contributed by atoms with Crippen LogP contribution in [0.1, 0.15) is 19.8 Å². The maximum atomic E-state index is 10.8. The lowest BCUT2D eigenvalue weighted by Gasteiger charge is -2.26. The number of carboxylic acid groups (broad SMARTS) is 2. The van der Waals surface area contributed by atoms with Gasteiger partial charge in [0.05, 0.1) is 12.1 Å². The van der Waals surface area contributed by atoms with E-state index in [0.29, 0.717) is 19.4 Å². The summed E-state index contributed by atoms with van der Waals surface area (Å²) >= 11 is 0. The minimum Gasteiger partial charge on any atom is -0.478 e. The van der Waals surface area contributed by atoms with Crippen LogP contribution in [0.25, 0.3) is 0 Å². The first-order valence-corrected chi connectivity index (χ1v) is 4.48. The molecular weight excluding hydrogens is 186 g/mol. The van der Waals surface area contributed by atoms with E-state index in [0.717, 1.165) is 10.5 Å². The Bertz CT molecular complexity index is 295. The number of hydrogen-bond donors (Lipinski definition) is 2. The average Bonchev–Trinajstić information content (AvgIpc) is 2.16. The van der Waals surface area contributed by atoms with Crippen molar-refractivity contribution in [3.63, 3.8) is 0 Å². The first kappa shape index (κ1) is 10.6. The highest BCUT2D eigenvalue weighted by molar-refractivity contribution is 5.89. The third-order valence-corrected chi connectivity index (χ3v) is 2.41. The fraction of sp³-hybridized carbons (Fsp3) is 0.556. The molecule has 0 aromatic rings. The molecule has 0 aromatic heterocycles. The standard InChI is InChI=1S/C9H13NO4/c1-2-6-3-4-10(9(13)14)5-7(6)8(11)12/h2-5H2,1H3,(H,11,12)(H,13,14). The number of carboxylic acids is 1. The van der Waals surface area contributed by atoms with Crippen LogP contribution in [0.4, 0.5) is 4.79 Å². The summed E-state index contributed by atoms with van der Waals surface area (Å²) in [6, 6.07) is 0. The van der Waals surface area contributed by atoms with Crippen LogP contribution in [0.5, 0.6) is 0 Å². The molecule has 0 atom stereocenters. The van der Waals surface area contributed by atoms with Gasteiger partial charge in [-0.15, -0.1) is 0 Å². The topological polar surface area (TPSA) is 77.8 Å². The zero-order chi connectivity index (χ0) is 10.7. The van der Waals surface area contributed by atoms with Gasteiger partial charge >= 0.3 is 12.1 Å². The van der Waals surface area contributed by atoms with Crippen LogP contribution in [0.15, 0.2) is 11.1 Å². The van der Waals surface area contributed by atoms with Gasteiger partial charge in [0, 0.05) is 6.54 Å². The number of aliphatic carboxylic acids is 1. The van der Waals surface area contributed by atoms with E-state index in [2.05, 4.69) is 0 Å². The first-order valence-electron chi connectivity index (χ1n) is 4.48. The molecule has 1 heterocycles. The highest BCUT2D eigenvalue weighted by Gasteiger charge is 2.25. The Hall–Kier alpha value is -1.52. The van der Waals surface area contributed by atoms with Crippen LogP contribution in [0, 0.1) is 0 Å². The number of amides is 1. The number of nitrogens with zero attached hydrogens (tertiary/aromatic N) is 1. The summed E-state index contributed by atoms with van der Waals surface area (Å²) in [7, 11) is 0. The van der Waals surface area contributed by atoms with Crippen molar-refractivity contribution < 1.29 is 19.8 Å². The molecule has 5 nitrogen and oxygen atoms in total. The molecule has 5 heteroatoms. The van der Waals surface area contributed by atoms with Crippen molar-refractivity contribution in [2.24, 2.45) is 0 Å². The van der Waals surface area contributed by atoms with Gasteiger partial charge in [-0.25, -0.2) is 9.59 Å². The summed E-state index contributed by atoms with van der Waals surface area (Å²) in [5, 5.41) is 17.6. The maximum Gasteiger partial charge on any atom is 0.407 e. The Labute approximate surface area is 81.6 Å². The van der Waals surface area contributed by atoms with Crippen LogP contribution in [-0.2, 0) is 4.79 Å². The molecule has 1 aliphatic heterocycles. The number of rotatable bonds is 2. The summed E-state index contributed by atoms with van der Waals surface area (Å²) < 4.78 is 0. The molecule has 0 spiro atoms. The van der Waals surface area contributed by atoms with E-state index in [1.54, 1.807) is 0 Å². The van der Waals surface area contributed by atoms with Crippen LogP contribution < -0.4 is 0 Å². The Kier molecular flexibility index (Phi) is 3.11. The second-order valence-electron chi connectivity index (χ2n) is 3.19. The van der Waals surface area contributed by atoms with Gasteiger partial charge in [-0.2, -0.15) is 0 Å². The molecule has 0 saturated heterocycles. The average molecular weight is 199 g/mol. The SMILES string of the molecule is CCC1=C(C(=O)O)CN(C(=O)O)CC1. The van der Waals surface area contributed by atoms with Crippen molar-refractivity contribution in [3.05, 3.63) is 11.1 Å². The van der Waals surface area contributed by atoms with Gasteiger partial charge in [-0.3, -0.25) is 0 Å². The van der Waals surface area contributed by atoms with Gasteiger partial charge in [0.1, 0.15) is 0 Å². The molecule has 0 aromatic carbocycles. The van der Waals surface area contributed by atoms with Crippen molar-refractivity contribution in [1.82, 2.24) is 4.90 Å². The van der Waals surface area contributed by atoms with E-state index in [-0.39, 0.29) is 12.1 Å². The Morgan fingerprint density at radius 2 is 2.07 bits per heavy atom. The zero-order valence-corrected chi connectivity index (χ0v) is 7.99. The van der Waals surface area contributed by atoms with Crippen molar-refractivity contribution in [1.29, 1.82) is 0 Å². The molecule has 14 heavy (non-hydrogen) atoms. The Morgan fingerprint density at radius 3 is 2.50 bits per heavy atom. The molecule has 78 valence electrons. The molecular formula is C9H13NO4. The normalized spacial score (nSPS) is 17.1. The monoisotopic (exact) mass is 199 g/mol. The zero-order valence-electron chi connectivity index (χ0n) is 7.99. The smallest absolute Gasteiger partial charge is 0.407 e. The van der Waals surface area contributed by atoms with Crippen molar-refractivity contribution in [2.45, 2.75) is 19.8 Å². The highest BCUT2D eigenvalue weighted by Crippen LogP contribution is 2.20. The Morgan fingerprint density at radius 1 is 1.43 bits per heavy atom. The predicted octanol–water partition coefficient (Wildman–Crippen LogP) is 1.16. The lowest BCUT2D eigenvalue weighted by molar-refractivity contribution is -0.133. The predicted molar refractivity (Wildman–Crippen MR) is 49.2 cm³/mol. The van der Waals surface area contributed by atoms with Crippen molar-refractivity contribution in [2.75, 3.05) is 13.1 Å². The molecule has 0 bridgehead atoms. The third-order valence-electron chi connectivity index (χ3n) is 2.41. The molecule has 0 unspecified atom stereocenters. The Balaban J connectivity index is 2.87. The first-order chi connectivity index (χ1) is 6.56. The molecule has 2 N–H and O–H groups in total. The van der Waals surface area contributed by atoms with Crippen molar-refractivity contribution >= 4 is 12.1 Å².